The van der Waals surface area contributed by atoms with E-state index in [1.807, 2.05) is 50.2 Å². The highest BCUT2D eigenvalue weighted by molar-refractivity contribution is 7.13. The number of hydrogen-bond acceptors (Lipinski definition) is 4. The predicted molar refractivity (Wildman–Crippen MR) is 92.9 cm³/mol. The Morgan fingerprint density at radius 1 is 1.22 bits per heavy atom. The lowest BCUT2D eigenvalue weighted by Gasteiger charge is -1.96. The van der Waals surface area contributed by atoms with Gasteiger partial charge in [0.15, 0.2) is 0 Å². The lowest BCUT2D eigenvalue weighted by atomic mass is 10.1. The van der Waals surface area contributed by atoms with Crippen LogP contribution in [-0.2, 0) is 0 Å². The van der Waals surface area contributed by atoms with E-state index in [-0.39, 0.29) is 5.91 Å². The van der Waals surface area contributed by atoms with Crippen molar-refractivity contribution < 1.29 is 4.79 Å². The molecule has 0 saturated carbocycles. The molecule has 116 valence electrons. The Hall–Kier alpha value is -2.73. The molecule has 23 heavy (non-hydrogen) atoms. The smallest absolute Gasteiger partial charge is 0.272 e. The van der Waals surface area contributed by atoms with Gasteiger partial charge in [-0.25, -0.2) is 5.43 Å². The summed E-state index contributed by atoms with van der Waals surface area (Å²) < 4.78 is 0. The summed E-state index contributed by atoms with van der Waals surface area (Å²) in [5.74, 6) is -0.319. The van der Waals surface area contributed by atoms with E-state index in [1.54, 1.807) is 23.6 Å². The van der Waals surface area contributed by atoms with Crippen molar-refractivity contribution in [2.24, 2.45) is 5.10 Å². The Labute approximate surface area is 138 Å². The van der Waals surface area contributed by atoms with E-state index in [9.17, 15) is 4.79 Å². The van der Waals surface area contributed by atoms with E-state index in [1.165, 1.54) is 10.4 Å². The summed E-state index contributed by atoms with van der Waals surface area (Å²) in [5.41, 5.74) is 5.74. The van der Waals surface area contributed by atoms with Gasteiger partial charge in [0.05, 0.1) is 11.9 Å². The number of aromatic nitrogens is 2. The molecular weight excluding hydrogens is 308 g/mol. The third kappa shape index (κ3) is 3.73. The number of rotatable bonds is 4. The van der Waals surface area contributed by atoms with E-state index in [2.05, 4.69) is 20.7 Å². The first-order chi connectivity index (χ1) is 11.1. The predicted octanol–water partition coefficient (Wildman–Crippen LogP) is 3.52. The van der Waals surface area contributed by atoms with E-state index in [0.717, 1.165) is 16.1 Å². The number of benzene rings is 1. The number of carbonyl (C=O) groups is 1. The van der Waals surface area contributed by atoms with Crippen LogP contribution < -0.4 is 5.43 Å². The molecule has 6 heteroatoms. The number of aromatic amines is 1. The fourth-order valence-corrected chi connectivity index (χ4v) is 2.80. The minimum atomic E-state index is -0.319. The Morgan fingerprint density at radius 3 is 2.70 bits per heavy atom. The molecule has 0 fully saturated rings. The number of aryl methyl sites for hydroxylation is 2. The maximum atomic E-state index is 12.0. The van der Waals surface area contributed by atoms with E-state index >= 15 is 0 Å². The number of thiophene rings is 1. The van der Waals surface area contributed by atoms with Crippen LogP contribution in [0.2, 0.25) is 0 Å². The molecule has 3 rings (SSSR count). The number of hydrazone groups is 1. The second-order valence-electron chi connectivity index (χ2n) is 5.18. The molecular formula is C17H16N4OS. The molecule has 3 aromatic rings. The molecule has 0 aliphatic carbocycles. The first-order valence-corrected chi connectivity index (χ1v) is 7.96. The summed E-state index contributed by atoms with van der Waals surface area (Å²) in [6.45, 7) is 4.05. The second kappa shape index (κ2) is 6.58. The molecule has 0 radical (unpaired) electrons. The summed E-state index contributed by atoms with van der Waals surface area (Å²) in [5, 5.41) is 10.9. The van der Waals surface area contributed by atoms with Gasteiger partial charge in [-0.05, 0) is 32.0 Å². The molecule has 2 heterocycles. The van der Waals surface area contributed by atoms with Gasteiger partial charge in [-0.3, -0.25) is 9.89 Å². The molecule has 1 aromatic carbocycles. The van der Waals surface area contributed by atoms with Gasteiger partial charge in [-0.15, -0.1) is 11.3 Å². The Kier molecular flexibility index (Phi) is 4.34. The van der Waals surface area contributed by atoms with Gasteiger partial charge in [0, 0.05) is 15.3 Å². The van der Waals surface area contributed by atoms with Gasteiger partial charge in [0.25, 0.3) is 5.91 Å². The molecule has 0 unspecified atom stereocenters. The van der Waals surface area contributed by atoms with Crippen molar-refractivity contribution in [2.75, 3.05) is 0 Å². The highest BCUT2D eigenvalue weighted by atomic mass is 32.1. The van der Waals surface area contributed by atoms with Crippen molar-refractivity contribution >= 4 is 23.5 Å². The van der Waals surface area contributed by atoms with Crippen LogP contribution in [0.25, 0.3) is 11.3 Å². The maximum Gasteiger partial charge on any atom is 0.289 e. The van der Waals surface area contributed by atoms with Crippen LogP contribution in [0, 0.1) is 13.8 Å². The molecule has 0 spiro atoms. The molecule has 0 bridgehead atoms. The number of H-pyrrole nitrogens is 1. The summed E-state index contributed by atoms with van der Waals surface area (Å²) in [7, 11) is 0. The van der Waals surface area contributed by atoms with Crippen molar-refractivity contribution in [1.29, 1.82) is 0 Å². The first kappa shape index (κ1) is 15.2. The fourth-order valence-electron chi connectivity index (χ4n) is 2.05. The van der Waals surface area contributed by atoms with Crippen molar-refractivity contribution in [3.63, 3.8) is 0 Å². The van der Waals surface area contributed by atoms with Crippen molar-refractivity contribution in [2.45, 2.75) is 13.8 Å². The average molecular weight is 324 g/mol. The van der Waals surface area contributed by atoms with E-state index in [4.69, 9.17) is 0 Å². The minimum absolute atomic E-state index is 0.319. The number of hydrogen-bond donors (Lipinski definition) is 2. The second-order valence-corrected chi connectivity index (χ2v) is 6.50. The normalized spacial score (nSPS) is 11.0. The third-order valence-electron chi connectivity index (χ3n) is 3.29. The minimum Gasteiger partial charge on any atom is -0.272 e. The van der Waals surface area contributed by atoms with E-state index in [0.29, 0.717) is 5.69 Å². The number of nitrogens with one attached hydrogen (secondary N) is 2. The zero-order valence-corrected chi connectivity index (χ0v) is 13.6. The quantitative estimate of drug-likeness (QED) is 0.569. The SMILES string of the molecule is Cc1ccc(-c2cc(C(=O)NN=Cc3ccc(C)s3)[nH]n2)cc1. The Bertz CT molecular complexity index is 846. The lowest BCUT2D eigenvalue weighted by molar-refractivity contribution is 0.0950. The molecule has 0 aliphatic rings. The summed E-state index contributed by atoms with van der Waals surface area (Å²) in [4.78, 5) is 14.2. The molecule has 0 aliphatic heterocycles. The largest absolute Gasteiger partial charge is 0.289 e. The van der Waals surface area contributed by atoms with Gasteiger partial charge in [0.1, 0.15) is 5.69 Å². The molecule has 2 aromatic heterocycles. The number of carbonyl (C=O) groups excluding carboxylic acids is 1. The zero-order valence-electron chi connectivity index (χ0n) is 12.8. The molecule has 2 N–H and O–H groups in total. The zero-order chi connectivity index (χ0) is 16.2. The monoisotopic (exact) mass is 324 g/mol. The molecule has 5 nitrogen and oxygen atoms in total. The number of amides is 1. The van der Waals surface area contributed by atoms with Crippen LogP contribution in [0.5, 0.6) is 0 Å². The molecule has 0 saturated heterocycles. The van der Waals surface area contributed by atoms with E-state index < -0.39 is 0 Å². The van der Waals surface area contributed by atoms with Gasteiger partial charge in [-0.1, -0.05) is 29.8 Å². The maximum absolute atomic E-state index is 12.0. The standard InChI is InChI=1S/C17H16N4OS/c1-11-3-6-13(7-4-11)15-9-16(20-19-15)17(22)21-18-10-14-8-5-12(2)23-14/h3-10H,1-2H3,(H,19,20)(H,21,22). The first-order valence-electron chi connectivity index (χ1n) is 7.14. The van der Waals surface area contributed by atoms with Crippen LogP contribution in [0.1, 0.15) is 25.8 Å². The van der Waals surface area contributed by atoms with Gasteiger partial charge in [0.2, 0.25) is 0 Å². The van der Waals surface area contributed by atoms with Gasteiger partial charge >= 0.3 is 0 Å². The van der Waals surface area contributed by atoms with Crippen LogP contribution in [0.15, 0.2) is 47.6 Å². The van der Waals surface area contributed by atoms with Crippen molar-refractivity contribution in [3.8, 4) is 11.3 Å². The highest BCUT2D eigenvalue weighted by Gasteiger charge is 2.10. The summed E-state index contributed by atoms with van der Waals surface area (Å²) in [6, 6.07) is 13.7. The lowest BCUT2D eigenvalue weighted by Crippen LogP contribution is -2.17. The molecule has 0 atom stereocenters. The Balaban J connectivity index is 1.66. The van der Waals surface area contributed by atoms with Crippen LogP contribution in [0.4, 0.5) is 0 Å². The molecule has 1 amide bonds. The van der Waals surface area contributed by atoms with Crippen LogP contribution in [-0.4, -0.2) is 22.3 Å². The topological polar surface area (TPSA) is 70.1 Å². The number of nitrogens with zero attached hydrogens (tertiary/aromatic N) is 2. The van der Waals surface area contributed by atoms with Gasteiger partial charge in [-0.2, -0.15) is 10.2 Å². The Morgan fingerprint density at radius 2 is 2.00 bits per heavy atom. The summed E-state index contributed by atoms with van der Waals surface area (Å²) in [6.07, 6.45) is 1.63. The fraction of sp³-hybridized carbons (Fsp3) is 0.118. The third-order valence-corrected chi connectivity index (χ3v) is 4.22. The van der Waals surface area contributed by atoms with Crippen LogP contribution >= 0.6 is 11.3 Å². The van der Waals surface area contributed by atoms with Gasteiger partial charge < -0.3 is 0 Å². The average Bonchev–Trinajstić information content (AvgIpc) is 3.17. The highest BCUT2D eigenvalue weighted by Crippen LogP contribution is 2.18. The summed E-state index contributed by atoms with van der Waals surface area (Å²) >= 11 is 1.62. The van der Waals surface area contributed by atoms with Crippen molar-refractivity contribution in [1.82, 2.24) is 15.6 Å². The van der Waals surface area contributed by atoms with Crippen LogP contribution in [0.3, 0.4) is 0 Å². The van der Waals surface area contributed by atoms with Crippen molar-refractivity contribution in [3.05, 3.63) is 63.5 Å².